The summed E-state index contributed by atoms with van der Waals surface area (Å²) in [6.07, 6.45) is 0.749. The van der Waals surface area contributed by atoms with Crippen molar-refractivity contribution in [2.45, 2.75) is 33.7 Å². The Hall–Kier alpha value is -1.39. The molecule has 0 fully saturated rings. The Morgan fingerprint density at radius 2 is 1.90 bits per heavy atom. The highest BCUT2D eigenvalue weighted by Crippen LogP contribution is 2.25. The van der Waals surface area contributed by atoms with Gasteiger partial charge in [0.25, 0.3) is 0 Å². The average molecular weight is 292 g/mol. The van der Waals surface area contributed by atoms with Gasteiger partial charge < -0.3 is 15.7 Å². The minimum atomic E-state index is -0.194. The first-order chi connectivity index (χ1) is 9.87. The molecule has 4 nitrogen and oxygen atoms in total. The molecule has 1 atom stereocenters. The van der Waals surface area contributed by atoms with Crippen molar-refractivity contribution < 1.29 is 9.90 Å². The molecule has 1 amide bonds. The number of nitrogens with zero attached hydrogens (tertiary/aromatic N) is 1. The Morgan fingerprint density at radius 1 is 1.29 bits per heavy atom. The second kappa shape index (κ2) is 8.15. The van der Waals surface area contributed by atoms with E-state index in [0.29, 0.717) is 19.6 Å². The van der Waals surface area contributed by atoms with Gasteiger partial charge in [0, 0.05) is 19.6 Å². The molecule has 1 unspecified atom stereocenters. The number of carbonyl (C=O) groups is 1. The van der Waals surface area contributed by atoms with Crippen molar-refractivity contribution in [1.29, 1.82) is 0 Å². The maximum absolute atomic E-state index is 12.7. The van der Waals surface area contributed by atoms with Crippen LogP contribution in [0.5, 0.6) is 0 Å². The van der Waals surface area contributed by atoms with Gasteiger partial charge in [-0.05, 0) is 17.4 Å². The van der Waals surface area contributed by atoms with Crippen molar-refractivity contribution in [1.82, 2.24) is 4.90 Å². The first kappa shape index (κ1) is 17.7. The van der Waals surface area contributed by atoms with Crippen LogP contribution < -0.4 is 5.73 Å². The third-order valence-electron chi connectivity index (χ3n) is 3.39. The number of hydrogen-bond donors (Lipinski definition) is 2. The van der Waals surface area contributed by atoms with Gasteiger partial charge in [-0.25, -0.2) is 0 Å². The second-order valence-electron chi connectivity index (χ2n) is 6.67. The van der Waals surface area contributed by atoms with Crippen molar-refractivity contribution in [2.24, 2.45) is 17.1 Å². The molecule has 0 saturated heterocycles. The van der Waals surface area contributed by atoms with E-state index in [4.69, 9.17) is 5.73 Å². The van der Waals surface area contributed by atoms with Gasteiger partial charge in [-0.2, -0.15) is 0 Å². The fourth-order valence-corrected chi connectivity index (χ4v) is 2.46. The van der Waals surface area contributed by atoms with E-state index in [9.17, 15) is 9.90 Å². The molecule has 0 bridgehead atoms. The number of amides is 1. The third kappa shape index (κ3) is 6.27. The van der Waals surface area contributed by atoms with Crippen LogP contribution in [0.3, 0.4) is 0 Å². The summed E-state index contributed by atoms with van der Waals surface area (Å²) in [5, 5.41) is 9.23. The summed E-state index contributed by atoms with van der Waals surface area (Å²) in [7, 11) is 0. The van der Waals surface area contributed by atoms with Crippen LogP contribution in [0.15, 0.2) is 30.3 Å². The summed E-state index contributed by atoms with van der Waals surface area (Å²) in [5.41, 5.74) is 6.91. The topological polar surface area (TPSA) is 66.6 Å². The molecule has 4 heteroatoms. The lowest BCUT2D eigenvalue weighted by molar-refractivity contribution is -0.137. The molecule has 0 heterocycles. The molecule has 0 aliphatic rings. The van der Waals surface area contributed by atoms with E-state index >= 15 is 0 Å². The van der Waals surface area contributed by atoms with Crippen molar-refractivity contribution >= 4 is 5.91 Å². The molecule has 0 aromatic heterocycles. The highest BCUT2D eigenvalue weighted by molar-refractivity contribution is 5.79. The van der Waals surface area contributed by atoms with Gasteiger partial charge in [-0.15, -0.1) is 0 Å². The average Bonchev–Trinajstić information content (AvgIpc) is 2.44. The normalized spacial score (nSPS) is 13.0. The van der Waals surface area contributed by atoms with E-state index < -0.39 is 0 Å². The minimum absolute atomic E-state index is 0.0327. The number of nitrogens with two attached hydrogens (primary N) is 1. The van der Waals surface area contributed by atoms with Crippen molar-refractivity contribution in [3.05, 3.63) is 35.9 Å². The lowest BCUT2D eigenvalue weighted by atomic mass is 9.84. The zero-order chi connectivity index (χ0) is 15.9. The lowest BCUT2D eigenvalue weighted by Gasteiger charge is -2.30. The van der Waals surface area contributed by atoms with Gasteiger partial charge in [-0.3, -0.25) is 4.79 Å². The van der Waals surface area contributed by atoms with E-state index in [1.165, 1.54) is 0 Å². The smallest absolute Gasteiger partial charge is 0.227 e. The fraction of sp³-hybridized carbons (Fsp3) is 0.588. The van der Waals surface area contributed by atoms with Crippen LogP contribution in [0.4, 0.5) is 0 Å². The number of benzene rings is 1. The van der Waals surface area contributed by atoms with E-state index in [1.54, 1.807) is 4.90 Å². The predicted molar refractivity (Wildman–Crippen MR) is 85.6 cm³/mol. The van der Waals surface area contributed by atoms with Crippen molar-refractivity contribution in [3.63, 3.8) is 0 Å². The number of aliphatic hydroxyl groups excluding tert-OH is 1. The molecule has 0 aliphatic carbocycles. The van der Waals surface area contributed by atoms with Crippen LogP contribution in [0.1, 0.15) is 32.8 Å². The molecule has 1 aromatic rings. The molecule has 0 aliphatic heterocycles. The zero-order valence-corrected chi connectivity index (χ0v) is 13.4. The summed E-state index contributed by atoms with van der Waals surface area (Å²) < 4.78 is 0. The van der Waals surface area contributed by atoms with E-state index in [0.717, 1.165) is 12.0 Å². The number of aliphatic hydroxyl groups is 1. The summed E-state index contributed by atoms with van der Waals surface area (Å²) in [4.78, 5) is 14.4. The summed E-state index contributed by atoms with van der Waals surface area (Å²) in [5.74, 6) is -0.161. The highest BCUT2D eigenvalue weighted by atomic mass is 16.3. The van der Waals surface area contributed by atoms with Crippen LogP contribution in [0, 0.1) is 11.3 Å². The molecule has 3 N–H and O–H groups in total. The van der Waals surface area contributed by atoms with E-state index in [-0.39, 0.29) is 23.8 Å². The Labute approximate surface area is 128 Å². The van der Waals surface area contributed by atoms with E-state index in [1.807, 2.05) is 30.3 Å². The molecular formula is C17H28N2O2. The van der Waals surface area contributed by atoms with Crippen LogP contribution in [-0.4, -0.2) is 35.6 Å². The Bertz CT molecular complexity index is 426. The molecule has 0 saturated carbocycles. The van der Waals surface area contributed by atoms with Crippen LogP contribution in [0.25, 0.3) is 0 Å². The zero-order valence-electron chi connectivity index (χ0n) is 13.4. The van der Waals surface area contributed by atoms with Crippen molar-refractivity contribution in [2.75, 3.05) is 19.7 Å². The molecule has 0 spiro atoms. The quantitative estimate of drug-likeness (QED) is 0.808. The number of hydrogen-bond acceptors (Lipinski definition) is 3. The Morgan fingerprint density at radius 3 is 2.38 bits per heavy atom. The highest BCUT2D eigenvalue weighted by Gasteiger charge is 2.27. The van der Waals surface area contributed by atoms with Crippen LogP contribution in [0.2, 0.25) is 0 Å². The number of carbonyl (C=O) groups excluding carboxylic acids is 1. The van der Waals surface area contributed by atoms with Gasteiger partial charge >= 0.3 is 0 Å². The molecule has 0 radical (unpaired) electrons. The monoisotopic (exact) mass is 292 g/mol. The number of rotatable bonds is 7. The standard InChI is InChI=1S/C17H28N2O2/c1-17(2,3)11-15(12-18)16(21)19(9-10-20)13-14-7-5-4-6-8-14/h4-8,15,20H,9-13,18H2,1-3H3. The molecule has 1 rings (SSSR count). The van der Waals surface area contributed by atoms with Gasteiger partial charge in [0.15, 0.2) is 0 Å². The molecule has 1 aromatic carbocycles. The van der Waals surface area contributed by atoms with Crippen molar-refractivity contribution in [3.8, 4) is 0 Å². The largest absolute Gasteiger partial charge is 0.395 e. The Balaban J connectivity index is 2.80. The van der Waals surface area contributed by atoms with Gasteiger partial charge in [-0.1, -0.05) is 51.1 Å². The van der Waals surface area contributed by atoms with E-state index in [2.05, 4.69) is 20.8 Å². The maximum Gasteiger partial charge on any atom is 0.227 e. The first-order valence-electron chi connectivity index (χ1n) is 7.51. The lowest BCUT2D eigenvalue weighted by Crippen LogP contribution is -2.41. The van der Waals surface area contributed by atoms with Crippen LogP contribution >= 0.6 is 0 Å². The third-order valence-corrected chi connectivity index (χ3v) is 3.39. The second-order valence-corrected chi connectivity index (χ2v) is 6.67. The summed E-state index contributed by atoms with van der Waals surface area (Å²) in [6, 6.07) is 9.82. The SMILES string of the molecule is CC(C)(C)CC(CN)C(=O)N(CCO)Cc1ccccc1. The Kier molecular flexibility index (Phi) is 6.85. The van der Waals surface area contributed by atoms with Gasteiger partial charge in [0.05, 0.1) is 12.5 Å². The van der Waals surface area contributed by atoms with Crippen LogP contribution in [-0.2, 0) is 11.3 Å². The predicted octanol–water partition coefficient (Wildman–Crippen LogP) is 2.02. The van der Waals surface area contributed by atoms with Gasteiger partial charge in [0.1, 0.15) is 0 Å². The minimum Gasteiger partial charge on any atom is -0.395 e. The molecule has 118 valence electrons. The van der Waals surface area contributed by atoms with Gasteiger partial charge in [0.2, 0.25) is 5.91 Å². The fourth-order valence-electron chi connectivity index (χ4n) is 2.46. The first-order valence-corrected chi connectivity index (χ1v) is 7.51. The molecule has 21 heavy (non-hydrogen) atoms. The maximum atomic E-state index is 12.7. The summed E-state index contributed by atoms with van der Waals surface area (Å²) in [6.45, 7) is 7.48. The summed E-state index contributed by atoms with van der Waals surface area (Å²) >= 11 is 0. The molecular weight excluding hydrogens is 264 g/mol.